The Labute approximate surface area is 129 Å². The normalized spacial score (nSPS) is 10.3. The van der Waals surface area contributed by atoms with Gasteiger partial charge in [-0.05, 0) is 41.6 Å². The maximum Gasteiger partial charge on any atom is 0.141 e. The second-order valence-corrected chi connectivity index (χ2v) is 5.49. The number of hydrogen-bond donors (Lipinski definition) is 0. The second-order valence-electron chi connectivity index (χ2n) is 4.65. The molecule has 0 aliphatic heterocycles. The molecule has 21 heavy (non-hydrogen) atoms. The number of hydrogen-bond acceptors (Lipinski definition) is 2. The van der Waals surface area contributed by atoms with Gasteiger partial charge in [-0.1, -0.05) is 54.6 Å². The summed E-state index contributed by atoms with van der Waals surface area (Å²) < 4.78 is 6.04. The molecule has 1 nitrogen and oxygen atoms in total. The van der Waals surface area contributed by atoms with Gasteiger partial charge in [0.25, 0.3) is 0 Å². The Morgan fingerprint density at radius 1 is 0.714 bits per heavy atom. The first-order valence-electron chi connectivity index (χ1n) is 6.83. The number of rotatable bonds is 4. The highest BCUT2D eigenvalue weighted by Crippen LogP contribution is 2.35. The van der Waals surface area contributed by atoms with Gasteiger partial charge in [0.2, 0.25) is 0 Å². The first-order chi connectivity index (χ1) is 10.4. The van der Waals surface area contributed by atoms with E-state index in [1.165, 1.54) is 11.1 Å². The van der Waals surface area contributed by atoms with Crippen molar-refractivity contribution in [3.8, 4) is 22.6 Å². The van der Waals surface area contributed by atoms with Crippen LogP contribution in [0.15, 0.2) is 83.8 Å². The van der Waals surface area contributed by atoms with E-state index in [0.29, 0.717) is 0 Å². The lowest BCUT2D eigenvalue weighted by Gasteiger charge is -2.12. The van der Waals surface area contributed by atoms with Crippen molar-refractivity contribution in [3.05, 3.63) is 78.9 Å². The van der Waals surface area contributed by atoms with E-state index >= 15 is 0 Å². The highest BCUT2D eigenvalue weighted by Gasteiger charge is 2.07. The smallest absolute Gasteiger partial charge is 0.141 e. The van der Waals surface area contributed by atoms with E-state index in [-0.39, 0.29) is 0 Å². The van der Waals surface area contributed by atoms with E-state index in [1.54, 1.807) is 11.8 Å². The van der Waals surface area contributed by atoms with E-state index in [9.17, 15) is 0 Å². The topological polar surface area (TPSA) is 9.23 Å². The monoisotopic (exact) mass is 292 g/mol. The molecule has 104 valence electrons. The minimum atomic E-state index is 0.859. The van der Waals surface area contributed by atoms with Crippen LogP contribution in [0.25, 0.3) is 11.1 Å². The Balaban J connectivity index is 1.98. The lowest BCUT2D eigenvalue weighted by Crippen LogP contribution is -1.88. The average Bonchev–Trinajstić information content (AvgIpc) is 2.56. The molecule has 0 fully saturated rings. The fraction of sp³-hybridized carbons (Fsp3) is 0.0526. The predicted molar refractivity (Wildman–Crippen MR) is 90.2 cm³/mol. The number of para-hydroxylation sites is 1. The SMILES string of the molecule is CSc1ccc(-c2ccccc2)cc1Oc1ccccc1. The maximum atomic E-state index is 6.04. The van der Waals surface area contributed by atoms with Crippen LogP contribution in [0, 0.1) is 0 Å². The van der Waals surface area contributed by atoms with Gasteiger partial charge in [-0.15, -0.1) is 11.8 Å². The van der Waals surface area contributed by atoms with Gasteiger partial charge in [0, 0.05) is 4.90 Å². The van der Waals surface area contributed by atoms with Crippen molar-refractivity contribution in [2.24, 2.45) is 0 Å². The molecule has 0 aromatic heterocycles. The Hall–Kier alpha value is -2.19. The molecule has 0 aliphatic carbocycles. The zero-order chi connectivity index (χ0) is 14.5. The minimum absolute atomic E-state index is 0.859. The number of ether oxygens (including phenoxy) is 1. The van der Waals surface area contributed by atoms with Gasteiger partial charge in [-0.25, -0.2) is 0 Å². The molecule has 0 bridgehead atoms. The molecule has 0 radical (unpaired) electrons. The van der Waals surface area contributed by atoms with Crippen molar-refractivity contribution in [3.63, 3.8) is 0 Å². The molecule has 0 saturated heterocycles. The first-order valence-corrected chi connectivity index (χ1v) is 8.05. The van der Waals surface area contributed by atoms with Crippen molar-refractivity contribution in [1.82, 2.24) is 0 Å². The quantitative estimate of drug-likeness (QED) is 0.556. The van der Waals surface area contributed by atoms with Crippen LogP contribution >= 0.6 is 11.8 Å². The molecule has 0 unspecified atom stereocenters. The summed E-state index contributed by atoms with van der Waals surface area (Å²) in [6.07, 6.45) is 2.06. The van der Waals surface area contributed by atoms with Crippen molar-refractivity contribution >= 4 is 11.8 Å². The minimum Gasteiger partial charge on any atom is -0.456 e. The lowest BCUT2D eigenvalue weighted by molar-refractivity contribution is 0.471. The third-order valence-electron chi connectivity index (χ3n) is 3.24. The van der Waals surface area contributed by atoms with Crippen LogP contribution in [0.4, 0.5) is 0 Å². The molecule has 0 aliphatic rings. The van der Waals surface area contributed by atoms with Gasteiger partial charge >= 0.3 is 0 Å². The average molecular weight is 292 g/mol. The third kappa shape index (κ3) is 3.29. The molecule has 0 saturated carbocycles. The summed E-state index contributed by atoms with van der Waals surface area (Å²) in [6, 6.07) is 26.6. The summed E-state index contributed by atoms with van der Waals surface area (Å²) in [5.41, 5.74) is 2.36. The van der Waals surface area contributed by atoms with E-state index in [1.807, 2.05) is 36.4 Å². The molecule has 0 atom stereocenters. The standard InChI is InChI=1S/C19H16OS/c1-21-19-13-12-16(15-8-4-2-5-9-15)14-18(19)20-17-10-6-3-7-11-17/h2-14H,1H3. The third-order valence-corrected chi connectivity index (χ3v) is 4.02. The van der Waals surface area contributed by atoms with Crippen LogP contribution in [-0.2, 0) is 0 Å². The van der Waals surface area contributed by atoms with E-state index in [2.05, 4.69) is 48.7 Å². The molecule has 3 rings (SSSR count). The van der Waals surface area contributed by atoms with Gasteiger partial charge in [-0.3, -0.25) is 0 Å². The van der Waals surface area contributed by atoms with Crippen LogP contribution < -0.4 is 4.74 Å². The predicted octanol–water partition coefficient (Wildman–Crippen LogP) is 5.87. The molecular weight excluding hydrogens is 276 g/mol. The molecule has 0 amide bonds. The summed E-state index contributed by atoms with van der Waals surface area (Å²) in [4.78, 5) is 1.14. The molecule has 0 N–H and O–H groups in total. The summed E-state index contributed by atoms with van der Waals surface area (Å²) in [7, 11) is 0. The summed E-state index contributed by atoms with van der Waals surface area (Å²) in [5.74, 6) is 1.76. The fourth-order valence-electron chi connectivity index (χ4n) is 2.18. The first kappa shape index (κ1) is 13.8. The largest absolute Gasteiger partial charge is 0.456 e. The molecule has 0 heterocycles. The van der Waals surface area contributed by atoms with Crippen molar-refractivity contribution in [2.45, 2.75) is 4.90 Å². The molecule has 3 aromatic rings. The van der Waals surface area contributed by atoms with Crippen LogP contribution in [-0.4, -0.2) is 6.26 Å². The number of benzene rings is 3. The zero-order valence-corrected chi connectivity index (χ0v) is 12.6. The van der Waals surface area contributed by atoms with E-state index in [4.69, 9.17) is 4.74 Å². The van der Waals surface area contributed by atoms with Gasteiger partial charge in [0.15, 0.2) is 0 Å². The van der Waals surface area contributed by atoms with Gasteiger partial charge < -0.3 is 4.74 Å². The van der Waals surface area contributed by atoms with Crippen molar-refractivity contribution in [2.75, 3.05) is 6.26 Å². The van der Waals surface area contributed by atoms with Crippen LogP contribution in [0.5, 0.6) is 11.5 Å². The van der Waals surface area contributed by atoms with Gasteiger partial charge in [0.05, 0.1) is 0 Å². The van der Waals surface area contributed by atoms with Crippen LogP contribution in [0.1, 0.15) is 0 Å². The fourth-order valence-corrected chi connectivity index (χ4v) is 2.69. The maximum absolute atomic E-state index is 6.04. The molecular formula is C19H16OS. The van der Waals surface area contributed by atoms with Crippen molar-refractivity contribution in [1.29, 1.82) is 0 Å². The second kappa shape index (κ2) is 6.51. The summed E-state index contributed by atoms with van der Waals surface area (Å²) in [5, 5.41) is 0. The summed E-state index contributed by atoms with van der Waals surface area (Å²) in [6.45, 7) is 0. The highest BCUT2D eigenvalue weighted by atomic mass is 32.2. The molecule has 0 spiro atoms. The van der Waals surface area contributed by atoms with Gasteiger partial charge in [0.1, 0.15) is 11.5 Å². The lowest BCUT2D eigenvalue weighted by atomic mass is 10.1. The Bertz CT molecular complexity index is 708. The highest BCUT2D eigenvalue weighted by molar-refractivity contribution is 7.98. The zero-order valence-electron chi connectivity index (χ0n) is 11.8. The van der Waals surface area contributed by atoms with Gasteiger partial charge in [-0.2, -0.15) is 0 Å². The Kier molecular flexibility index (Phi) is 4.27. The van der Waals surface area contributed by atoms with Crippen LogP contribution in [0.3, 0.4) is 0 Å². The van der Waals surface area contributed by atoms with E-state index in [0.717, 1.165) is 16.4 Å². The van der Waals surface area contributed by atoms with E-state index < -0.39 is 0 Å². The Morgan fingerprint density at radius 2 is 1.38 bits per heavy atom. The molecule has 3 aromatic carbocycles. The summed E-state index contributed by atoms with van der Waals surface area (Å²) >= 11 is 1.69. The molecule has 2 heteroatoms. The van der Waals surface area contributed by atoms with Crippen LogP contribution in [0.2, 0.25) is 0 Å². The Morgan fingerprint density at radius 3 is 2.05 bits per heavy atom. The number of thioether (sulfide) groups is 1. The van der Waals surface area contributed by atoms with Crippen molar-refractivity contribution < 1.29 is 4.74 Å².